The number of hydrogen-bond donors (Lipinski definition) is 0. The van der Waals surface area contributed by atoms with E-state index in [1.807, 2.05) is 21.0 Å². The fourth-order valence-electron chi connectivity index (χ4n) is 2.55. The van der Waals surface area contributed by atoms with Gasteiger partial charge in [-0.1, -0.05) is 13.8 Å². The van der Waals surface area contributed by atoms with Crippen molar-refractivity contribution in [2.45, 2.75) is 57.7 Å². The monoisotopic (exact) mass is 185 g/mol. The van der Waals surface area contributed by atoms with Gasteiger partial charge in [0.15, 0.2) is 0 Å². The molecule has 13 heavy (non-hydrogen) atoms. The summed E-state index contributed by atoms with van der Waals surface area (Å²) in [5, 5.41) is 0. The largest absolute Gasteiger partial charge is 0.381 e. The third-order valence-electron chi connectivity index (χ3n) is 3.39. The first-order chi connectivity index (χ1) is 6.31. The summed E-state index contributed by atoms with van der Waals surface area (Å²) >= 11 is 0. The van der Waals surface area contributed by atoms with Crippen molar-refractivity contribution in [3.05, 3.63) is 0 Å². The molecule has 2 aliphatic rings. The molecule has 2 nitrogen and oxygen atoms in total. The molecule has 0 radical (unpaired) electrons. The minimum Gasteiger partial charge on any atom is -0.381 e. The van der Waals surface area contributed by atoms with Crippen molar-refractivity contribution in [1.29, 1.82) is 0 Å². The molecular formula is C11H23NO. The van der Waals surface area contributed by atoms with Crippen LogP contribution in [0.1, 0.15) is 39.5 Å². The average molecular weight is 185 g/mol. The van der Waals surface area contributed by atoms with Gasteiger partial charge in [-0.15, -0.1) is 0 Å². The lowest BCUT2D eigenvalue weighted by molar-refractivity contribution is 0.0163. The lowest BCUT2D eigenvalue weighted by Crippen LogP contribution is -2.42. The van der Waals surface area contributed by atoms with Crippen molar-refractivity contribution < 1.29 is 4.74 Å². The highest BCUT2D eigenvalue weighted by Gasteiger charge is 2.38. The molecule has 0 spiro atoms. The highest BCUT2D eigenvalue weighted by Crippen LogP contribution is 2.34. The van der Waals surface area contributed by atoms with Gasteiger partial charge < -0.3 is 9.64 Å². The Morgan fingerprint density at radius 2 is 1.54 bits per heavy atom. The molecule has 2 rings (SSSR count). The number of methoxy groups -OCH3 is 1. The molecule has 2 aliphatic heterocycles. The van der Waals surface area contributed by atoms with Gasteiger partial charge in [0.25, 0.3) is 0 Å². The maximum absolute atomic E-state index is 5.39. The second-order valence-electron chi connectivity index (χ2n) is 3.88. The first-order valence-electron chi connectivity index (χ1n) is 5.56. The summed E-state index contributed by atoms with van der Waals surface area (Å²) in [5.74, 6) is 0. The van der Waals surface area contributed by atoms with Gasteiger partial charge in [0.1, 0.15) is 0 Å². The topological polar surface area (TPSA) is 12.5 Å². The van der Waals surface area contributed by atoms with Gasteiger partial charge in [-0.05, 0) is 32.7 Å². The van der Waals surface area contributed by atoms with E-state index in [9.17, 15) is 0 Å². The number of ether oxygens (including phenoxy) is 1. The SMILES string of the molecule is CC.COC1CC2CCC(C1)N2C. The Labute approximate surface area is 82.3 Å². The van der Waals surface area contributed by atoms with Crippen molar-refractivity contribution in [3.8, 4) is 0 Å². The number of rotatable bonds is 1. The van der Waals surface area contributed by atoms with Crippen LogP contribution >= 0.6 is 0 Å². The van der Waals surface area contributed by atoms with Gasteiger partial charge in [0.2, 0.25) is 0 Å². The van der Waals surface area contributed by atoms with Gasteiger partial charge in [0, 0.05) is 19.2 Å². The van der Waals surface area contributed by atoms with Gasteiger partial charge in [-0.3, -0.25) is 0 Å². The summed E-state index contributed by atoms with van der Waals surface area (Å²) < 4.78 is 5.39. The molecule has 0 aromatic rings. The van der Waals surface area contributed by atoms with Gasteiger partial charge in [-0.25, -0.2) is 0 Å². The van der Waals surface area contributed by atoms with E-state index in [0.717, 1.165) is 12.1 Å². The Hall–Kier alpha value is -0.0800. The molecule has 2 fully saturated rings. The summed E-state index contributed by atoms with van der Waals surface area (Å²) in [6.45, 7) is 4.00. The summed E-state index contributed by atoms with van der Waals surface area (Å²) in [4.78, 5) is 2.54. The summed E-state index contributed by atoms with van der Waals surface area (Å²) in [6.07, 6.45) is 5.83. The van der Waals surface area contributed by atoms with Crippen LogP contribution in [0, 0.1) is 0 Å². The molecule has 2 atom stereocenters. The second-order valence-corrected chi connectivity index (χ2v) is 3.88. The Morgan fingerprint density at radius 1 is 1.08 bits per heavy atom. The summed E-state index contributed by atoms with van der Waals surface area (Å²) in [5.41, 5.74) is 0. The van der Waals surface area contributed by atoms with E-state index < -0.39 is 0 Å². The lowest BCUT2D eigenvalue weighted by atomic mass is 10.0. The van der Waals surface area contributed by atoms with E-state index in [0.29, 0.717) is 6.10 Å². The number of hydrogen-bond acceptors (Lipinski definition) is 2. The number of nitrogens with zero attached hydrogens (tertiary/aromatic N) is 1. The zero-order chi connectivity index (χ0) is 9.84. The Bertz CT molecular complexity index is 135. The first kappa shape index (κ1) is 11.0. The normalized spacial score (nSPS) is 38.3. The number of fused-ring (bicyclic) bond motifs is 2. The van der Waals surface area contributed by atoms with E-state index in [1.54, 1.807) is 0 Å². The van der Waals surface area contributed by atoms with Crippen LogP contribution in [0.2, 0.25) is 0 Å². The van der Waals surface area contributed by atoms with Crippen LogP contribution in [0.25, 0.3) is 0 Å². The molecular weight excluding hydrogens is 162 g/mol. The minimum atomic E-state index is 0.545. The van der Waals surface area contributed by atoms with Crippen molar-refractivity contribution in [2.24, 2.45) is 0 Å². The molecule has 0 aromatic carbocycles. The zero-order valence-electron chi connectivity index (χ0n) is 9.42. The third kappa shape index (κ3) is 2.23. The van der Waals surface area contributed by atoms with Crippen LogP contribution in [0.15, 0.2) is 0 Å². The molecule has 0 aromatic heterocycles. The van der Waals surface area contributed by atoms with E-state index in [4.69, 9.17) is 4.74 Å². The van der Waals surface area contributed by atoms with E-state index in [2.05, 4.69) is 11.9 Å². The van der Waals surface area contributed by atoms with Crippen LogP contribution < -0.4 is 0 Å². The van der Waals surface area contributed by atoms with E-state index in [-0.39, 0.29) is 0 Å². The van der Waals surface area contributed by atoms with Crippen LogP contribution in [0.5, 0.6) is 0 Å². The molecule has 78 valence electrons. The zero-order valence-corrected chi connectivity index (χ0v) is 9.42. The molecule has 0 saturated carbocycles. The molecule has 0 N–H and O–H groups in total. The average Bonchev–Trinajstić information content (AvgIpc) is 2.45. The molecule has 0 amide bonds. The minimum absolute atomic E-state index is 0.545. The van der Waals surface area contributed by atoms with Crippen LogP contribution in [-0.2, 0) is 4.74 Å². The third-order valence-corrected chi connectivity index (χ3v) is 3.39. The van der Waals surface area contributed by atoms with Crippen molar-refractivity contribution in [2.75, 3.05) is 14.2 Å². The maximum atomic E-state index is 5.39. The van der Waals surface area contributed by atoms with Gasteiger partial charge >= 0.3 is 0 Å². The van der Waals surface area contributed by atoms with Gasteiger partial charge in [-0.2, -0.15) is 0 Å². The predicted octanol–water partition coefficient (Wildman–Crippen LogP) is 2.28. The Morgan fingerprint density at radius 3 is 1.92 bits per heavy atom. The molecule has 2 heteroatoms. The fraction of sp³-hybridized carbons (Fsp3) is 1.00. The highest BCUT2D eigenvalue weighted by atomic mass is 16.5. The second kappa shape index (κ2) is 4.97. The Kier molecular flexibility index (Phi) is 4.20. The quantitative estimate of drug-likeness (QED) is 0.621. The Balaban J connectivity index is 0.000000396. The van der Waals surface area contributed by atoms with Gasteiger partial charge in [0.05, 0.1) is 6.10 Å². The smallest absolute Gasteiger partial charge is 0.0601 e. The maximum Gasteiger partial charge on any atom is 0.0601 e. The van der Waals surface area contributed by atoms with E-state index >= 15 is 0 Å². The standard InChI is InChI=1S/C9H17NO.C2H6/c1-10-7-3-4-8(10)6-9(5-7)11-2;1-2/h7-9H,3-6H2,1-2H3;1-2H3. The highest BCUT2D eigenvalue weighted by molar-refractivity contribution is 4.93. The summed E-state index contributed by atoms with van der Waals surface area (Å²) in [7, 11) is 4.10. The molecule has 2 unspecified atom stereocenters. The van der Waals surface area contributed by atoms with Crippen molar-refractivity contribution in [3.63, 3.8) is 0 Å². The van der Waals surface area contributed by atoms with Crippen LogP contribution in [0.3, 0.4) is 0 Å². The lowest BCUT2D eigenvalue weighted by Gasteiger charge is -2.35. The molecule has 2 bridgehead atoms. The summed E-state index contributed by atoms with van der Waals surface area (Å²) in [6, 6.07) is 1.64. The van der Waals surface area contributed by atoms with Crippen LogP contribution in [0.4, 0.5) is 0 Å². The molecule has 0 aliphatic carbocycles. The molecule has 2 saturated heterocycles. The fourth-order valence-corrected chi connectivity index (χ4v) is 2.55. The van der Waals surface area contributed by atoms with Crippen molar-refractivity contribution in [1.82, 2.24) is 4.90 Å². The first-order valence-corrected chi connectivity index (χ1v) is 5.56. The van der Waals surface area contributed by atoms with Crippen molar-refractivity contribution >= 4 is 0 Å². The molecule has 2 heterocycles. The number of piperidine rings is 1. The van der Waals surface area contributed by atoms with E-state index in [1.165, 1.54) is 25.7 Å². The predicted molar refractivity (Wildman–Crippen MR) is 56.0 cm³/mol. The van der Waals surface area contributed by atoms with Crippen LogP contribution in [-0.4, -0.2) is 37.2 Å².